The molecule has 2 rings (SSSR count). The molecule has 2 N–H and O–H groups in total. The molecule has 0 unspecified atom stereocenters. The molecule has 0 amide bonds. The van der Waals surface area contributed by atoms with Crippen molar-refractivity contribution in [2.75, 3.05) is 0 Å². The molecular formula is C14H18O3. The normalized spacial score (nSPS) is 17.1. The van der Waals surface area contributed by atoms with Crippen LogP contribution in [0.15, 0.2) is 18.2 Å². The van der Waals surface area contributed by atoms with Crippen molar-refractivity contribution in [2.45, 2.75) is 44.4 Å². The Morgan fingerprint density at radius 1 is 1.41 bits per heavy atom. The highest BCUT2D eigenvalue weighted by atomic mass is 16.4. The van der Waals surface area contributed by atoms with Crippen LogP contribution in [0.5, 0.6) is 5.75 Å². The van der Waals surface area contributed by atoms with Gasteiger partial charge in [0.25, 0.3) is 0 Å². The molecule has 0 heterocycles. The summed E-state index contributed by atoms with van der Waals surface area (Å²) in [6.07, 6.45) is 1.82. The largest absolute Gasteiger partial charge is 0.508 e. The highest BCUT2D eigenvalue weighted by molar-refractivity contribution is 5.70. The summed E-state index contributed by atoms with van der Waals surface area (Å²) in [5.74, 6) is -0.181. The number of aliphatic carboxylic acids is 1. The second-order valence-electron chi connectivity index (χ2n) is 5.28. The number of carboxylic acids is 1. The Morgan fingerprint density at radius 3 is 2.53 bits per heavy atom. The van der Waals surface area contributed by atoms with Crippen LogP contribution < -0.4 is 0 Å². The van der Waals surface area contributed by atoms with Crippen molar-refractivity contribution < 1.29 is 15.0 Å². The first-order valence-corrected chi connectivity index (χ1v) is 6.00. The van der Waals surface area contributed by atoms with E-state index in [9.17, 15) is 9.90 Å². The molecule has 0 aliphatic heterocycles. The van der Waals surface area contributed by atoms with E-state index in [4.69, 9.17) is 5.11 Å². The second kappa shape index (κ2) is 4.06. The molecule has 1 fully saturated rings. The van der Waals surface area contributed by atoms with Crippen LogP contribution >= 0.6 is 0 Å². The van der Waals surface area contributed by atoms with Gasteiger partial charge in [0.1, 0.15) is 5.75 Å². The number of carbonyl (C=O) groups is 1. The summed E-state index contributed by atoms with van der Waals surface area (Å²) in [4.78, 5) is 10.9. The van der Waals surface area contributed by atoms with Gasteiger partial charge in [0.05, 0.1) is 6.42 Å². The van der Waals surface area contributed by atoms with Crippen molar-refractivity contribution in [2.24, 2.45) is 0 Å². The number of rotatable bonds is 4. The van der Waals surface area contributed by atoms with E-state index in [-0.39, 0.29) is 17.6 Å². The van der Waals surface area contributed by atoms with Crippen LogP contribution in [0.3, 0.4) is 0 Å². The van der Waals surface area contributed by atoms with Gasteiger partial charge in [0.15, 0.2) is 0 Å². The molecule has 92 valence electrons. The summed E-state index contributed by atoms with van der Waals surface area (Å²) >= 11 is 0. The minimum Gasteiger partial charge on any atom is -0.508 e. The second-order valence-corrected chi connectivity index (χ2v) is 5.28. The molecule has 0 radical (unpaired) electrons. The number of phenols is 1. The fourth-order valence-corrected chi connectivity index (χ4v) is 2.32. The lowest BCUT2D eigenvalue weighted by molar-refractivity contribution is -0.137. The lowest BCUT2D eigenvalue weighted by Gasteiger charge is -2.17. The molecular weight excluding hydrogens is 216 g/mol. The fraction of sp³-hybridized carbons (Fsp3) is 0.500. The van der Waals surface area contributed by atoms with E-state index in [1.165, 1.54) is 0 Å². The van der Waals surface area contributed by atoms with Crippen molar-refractivity contribution >= 4 is 5.97 Å². The zero-order valence-electron chi connectivity index (χ0n) is 10.2. The van der Waals surface area contributed by atoms with Crippen LogP contribution in [-0.2, 0) is 10.2 Å². The first-order chi connectivity index (χ1) is 7.94. The Kier molecular flexibility index (Phi) is 2.86. The average molecular weight is 234 g/mol. The van der Waals surface area contributed by atoms with Gasteiger partial charge < -0.3 is 10.2 Å². The minimum absolute atomic E-state index is 0.113. The van der Waals surface area contributed by atoms with E-state index >= 15 is 0 Å². The molecule has 1 aromatic carbocycles. The highest BCUT2D eigenvalue weighted by Gasteiger charge is 2.47. The number of benzene rings is 1. The summed E-state index contributed by atoms with van der Waals surface area (Å²) < 4.78 is 0. The zero-order valence-corrected chi connectivity index (χ0v) is 10.2. The molecule has 3 nitrogen and oxygen atoms in total. The number of hydrogen-bond acceptors (Lipinski definition) is 2. The van der Waals surface area contributed by atoms with Gasteiger partial charge in [-0.2, -0.15) is 0 Å². The lowest BCUT2D eigenvalue weighted by atomic mass is 9.88. The van der Waals surface area contributed by atoms with Gasteiger partial charge in [-0.3, -0.25) is 4.79 Å². The first kappa shape index (κ1) is 12.0. The third kappa shape index (κ3) is 2.28. The zero-order chi connectivity index (χ0) is 12.6. The minimum atomic E-state index is -0.795. The van der Waals surface area contributed by atoms with Gasteiger partial charge in [-0.15, -0.1) is 0 Å². The van der Waals surface area contributed by atoms with Crippen molar-refractivity contribution in [3.05, 3.63) is 29.3 Å². The van der Waals surface area contributed by atoms with Crippen LogP contribution in [0.1, 0.15) is 50.2 Å². The van der Waals surface area contributed by atoms with Crippen LogP contribution in [0, 0.1) is 0 Å². The van der Waals surface area contributed by atoms with Gasteiger partial charge in [0, 0.05) is 11.0 Å². The number of phenolic OH excluding ortho intramolecular Hbond substituents is 1. The third-order valence-electron chi connectivity index (χ3n) is 3.60. The molecule has 1 aromatic rings. The Hall–Kier alpha value is -1.51. The van der Waals surface area contributed by atoms with E-state index in [2.05, 4.69) is 13.8 Å². The molecule has 0 saturated heterocycles. The maximum Gasteiger partial charge on any atom is 0.304 e. The van der Waals surface area contributed by atoms with Crippen LogP contribution in [0.4, 0.5) is 0 Å². The maximum atomic E-state index is 10.9. The Bertz CT molecular complexity index is 445. The number of carboxylic acid groups (broad SMARTS) is 1. The molecule has 3 heteroatoms. The van der Waals surface area contributed by atoms with E-state index in [1.54, 1.807) is 6.07 Å². The molecule has 1 aliphatic carbocycles. The lowest BCUT2D eigenvalue weighted by Crippen LogP contribution is -2.13. The third-order valence-corrected chi connectivity index (χ3v) is 3.60. The van der Waals surface area contributed by atoms with E-state index in [0.717, 1.165) is 24.0 Å². The SMILES string of the molecule is CC(C)c1ccc(O)c(C2(CC(=O)O)CC2)c1. The predicted octanol–water partition coefficient (Wildman–Crippen LogP) is 3.02. The summed E-state index contributed by atoms with van der Waals surface area (Å²) in [6.45, 7) is 4.18. The topological polar surface area (TPSA) is 57.5 Å². The van der Waals surface area contributed by atoms with Gasteiger partial charge in [0.2, 0.25) is 0 Å². The quantitative estimate of drug-likeness (QED) is 0.841. The monoisotopic (exact) mass is 234 g/mol. The van der Waals surface area contributed by atoms with Gasteiger partial charge in [-0.1, -0.05) is 26.0 Å². The first-order valence-electron chi connectivity index (χ1n) is 6.00. The number of hydrogen-bond donors (Lipinski definition) is 2. The van der Waals surface area contributed by atoms with Crippen LogP contribution in [0.25, 0.3) is 0 Å². The van der Waals surface area contributed by atoms with E-state index < -0.39 is 5.97 Å². The summed E-state index contributed by atoms with van der Waals surface area (Å²) in [5.41, 5.74) is 1.64. The molecule has 0 aromatic heterocycles. The van der Waals surface area contributed by atoms with Crippen molar-refractivity contribution in [1.82, 2.24) is 0 Å². The van der Waals surface area contributed by atoms with E-state index in [1.807, 2.05) is 12.1 Å². The molecule has 0 bridgehead atoms. The molecule has 0 atom stereocenters. The standard InChI is InChI=1S/C14H18O3/c1-9(2)10-3-4-12(15)11(7-10)14(5-6-14)8-13(16)17/h3-4,7,9,15H,5-6,8H2,1-2H3,(H,16,17). The average Bonchev–Trinajstić information content (AvgIpc) is 2.97. The molecule has 0 spiro atoms. The van der Waals surface area contributed by atoms with Gasteiger partial charge in [-0.05, 0) is 30.4 Å². The molecule has 17 heavy (non-hydrogen) atoms. The molecule has 1 aliphatic rings. The molecule has 1 saturated carbocycles. The van der Waals surface area contributed by atoms with Crippen molar-refractivity contribution in [3.8, 4) is 5.75 Å². The highest BCUT2D eigenvalue weighted by Crippen LogP contribution is 2.54. The van der Waals surface area contributed by atoms with Gasteiger partial charge in [-0.25, -0.2) is 0 Å². The summed E-state index contributed by atoms with van der Waals surface area (Å²) in [7, 11) is 0. The summed E-state index contributed by atoms with van der Waals surface area (Å²) in [6, 6.07) is 5.56. The summed E-state index contributed by atoms with van der Waals surface area (Å²) in [5, 5.41) is 18.9. The van der Waals surface area contributed by atoms with Crippen LogP contribution in [0.2, 0.25) is 0 Å². The maximum absolute atomic E-state index is 10.9. The van der Waals surface area contributed by atoms with Crippen LogP contribution in [-0.4, -0.2) is 16.2 Å². The Labute approximate surface area is 101 Å². The Morgan fingerprint density at radius 2 is 2.06 bits per heavy atom. The van der Waals surface area contributed by atoms with Crippen molar-refractivity contribution in [1.29, 1.82) is 0 Å². The van der Waals surface area contributed by atoms with Gasteiger partial charge >= 0.3 is 5.97 Å². The predicted molar refractivity (Wildman–Crippen MR) is 65.4 cm³/mol. The van der Waals surface area contributed by atoms with E-state index in [0.29, 0.717) is 5.92 Å². The smallest absolute Gasteiger partial charge is 0.304 e. The fourth-order valence-electron chi connectivity index (χ4n) is 2.32. The van der Waals surface area contributed by atoms with Crippen molar-refractivity contribution in [3.63, 3.8) is 0 Å². The number of aromatic hydroxyl groups is 1. The Balaban J connectivity index is 2.37.